The van der Waals surface area contributed by atoms with E-state index in [0.717, 1.165) is 29.3 Å². The van der Waals surface area contributed by atoms with Crippen LogP contribution in [0.2, 0.25) is 5.02 Å². The van der Waals surface area contributed by atoms with E-state index < -0.39 is 42.0 Å². The number of hydrazone groups is 1. The van der Waals surface area contributed by atoms with Crippen LogP contribution in [-0.2, 0) is 25.0 Å². The molecule has 1 amide bonds. The Hall–Kier alpha value is -1.45. The number of halogens is 1. The molecule has 0 fully saturated rings. The van der Waals surface area contributed by atoms with Crippen LogP contribution in [0.15, 0.2) is 67.6 Å². The normalized spacial score (nSPS) is 17.0. The van der Waals surface area contributed by atoms with Crippen LogP contribution in [0.5, 0.6) is 0 Å². The number of anilines is 1. The molecule has 0 N–H and O–H groups in total. The molecule has 2 aromatic carbocycles. The average Bonchev–Trinajstić information content (AvgIpc) is 2.93. The minimum absolute atomic E-state index is 0. The van der Waals surface area contributed by atoms with E-state index in [9.17, 15) is 30.7 Å². The van der Waals surface area contributed by atoms with Crippen LogP contribution in [-0.4, -0.2) is 81.3 Å². The summed E-state index contributed by atoms with van der Waals surface area (Å²) < 4.78 is 67.2. The average molecular weight is 511 g/mol. The van der Waals surface area contributed by atoms with Gasteiger partial charge < -0.3 is 9.11 Å². The van der Waals surface area contributed by atoms with Crippen molar-refractivity contribution in [3.8, 4) is 0 Å². The molecule has 1 heterocycles. The van der Waals surface area contributed by atoms with Crippen molar-refractivity contribution in [3.63, 3.8) is 0 Å². The third kappa shape index (κ3) is 5.87. The number of azo groups is 1. The Morgan fingerprint density at radius 2 is 1.74 bits per heavy atom. The summed E-state index contributed by atoms with van der Waals surface area (Å²) in [4.78, 5) is 11.4. The number of benzene rings is 2. The molecule has 0 spiro atoms. The van der Waals surface area contributed by atoms with Gasteiger partial charge in [0.2, 0.25) is 0 Å². The van der Waals surface area contributed by atoms with Crippen molar-refractivity contribution in [1.82, 2.24) is 0 Å². The molecule has 3 rings (SSSR count). The molecule has 2 aromatic rings. The fourth-order valence-electron chi connectivity index (χ4n) is 2.52. The van der Waals surface area contributed by atoms with Crippen molar-refractivity contribution in [2.45, 2.75) is 22.8 Å². The molecule has 0 aliphatic carbocycles. The molecule has 1 aliphatic rings. The van der Waals surface area contributed by atoms with Gasteiger partial charge in [-0.1, -0.05) is 17.7 Å². The molecular weight excluding hydrogens is 500 g/mol. The van der Waals surface area contributed by atoms with Gasteiger partial charge in [0, 0.05) is 0 Å². The van der Waals surface area contributed by atoms with Crippen molar-refractivity contribution < 1.29 is 30.7 Å². The summed E-state index contributed by atoms with van der Waals surface area (Å²) in [6, 6.07) is 6.94. The van der Waals surface area contributed by atoms with E-state index in [-0.39, 0.29) is 59.8 Å². The quantitative estimate of drug-likeness (QED) is 0.334. The van der Waals surface area contributed by atoms with Gasteiger partial charge >= 0.3 is 37.7 Å². The third-order valence-electron chi connectivity index (χ3n) is 3.92. The van der Waals surface area contributed by atoms with E-state index >= 15 is 0 Å². The fraction of sp³-hybridized carbons (Fsp3) is 0.125. The molecule has 0 saturated heterocycles. The first-order valence-electron chi connectivity index (χ1n) is 7.99. The summed E-state index contributed by atoms with van der Waals surface area (Å²) in [7, 11) is -9.56. The second-order valence-electron chi connectivity index (χ2n) is 6.03. The van der Waals surface area contributed by atoms with E-state index in [2.05, 4.69) is 15.3 Å². The molecule has 158 valence electrons. The molecule has 0 saturated carbocycles. The maximum atomic E-state index is 12.6. The zero-order valence-electron chi connectivity index (χ0n) is 15.7. The number of amides is 1. The minimum atomic E-state index is -4.83. The van der Waals surface area contributed by atoms with Crippen LogP contribution in [0.25, 0.3) is 0 Å². The largest absolute Gasteiger partial charge is 2.00 e. The van der Waals surface area contributed by atoms with Crippen LogP contribution in [0.3, 0.4) is 0 Å². The monoisotopic (exact) mass is 510 g/mol. The van der Waals surface area contributed by atoms with Crippen LogP contribution < -0.4 is 5.01 Å². The Bertz CT molecular complexity index is 1310. The van der Waals surface area contributed by atoms with E-state index in [4.69, 9.17) is 11.6 Å². The minimum Gasteiger partial charge on any atom is -0.744 e. The van der Waals surface area contributed by atoms with Crippen molar-refractivity contribution in [2.24, 2.45) is 15.3 Å². The predicted octanol–water partition coefficient (Wildman–Crippen LogP) is 1.64. The number of carbonyl (C=O) groups excluding carboxylic acids is 1. The van der Waals surface area contributed by atoms with Crippen LogP contribution >= 0.6 is 11.6 Å². The first-order chi connectivity index (χ1) is 13.9. The second kappa shape index (κ2) is 9.58. The topological polar surface area (TPSA) is 172 Å². The summed E-state index contributed by atoms with van der Waals surface area (Å²) in [6.45, 7) is 1.48. The zero-order chi connectivity index (χ0) is 22.3. The summed E-state index contributed by atoms with van der Waals surface area (Å²) in [5.41, 5.74) is 0.220. The van der Waals surface area contributed by atoms with Crippen LogP contribution in [0.4, 0.5) is 11.4 Å². The van der Waals surface area contributed by atoms with Gasteiger partial charge in [-0.15, -0.1) is 0 Å². The van der Waals surface area contributed by atoms with Crippen molar-refractivity contribution in [3.05, 3.63) is 47.5 Å². The maximum absolute atomic E-state index is 12.6. The Morgan fingerprint density at radius 1 is 1.06 bits per heavy atom. The summed E-state index contributed by atoms with van der Waals surface area (Å²) in [5.74, 6) is -0.678. The SMILES string of the molecule is CC1=NN(c2cccc(S(=O)(=O)[O-])c2)C(=O)C1N=Nc1ccc(Cl)c(S(=O)(=O)[O-])c1.[Ca+2]. The Kier molecular flexibility index (Phi) is 7.98. The Labute approximate surface area is 212 Å². The van der Waals surface area contributed by atoms with Gasteiger partial charge in [0.1, 0.15) is 20.2 Å². The summed E-state index contributed by atoms with van der Waals surface area (Å²) in [6.07, 6.45) is 0. The number of hydrogen-bond donors (Lipinski definition) is 0. The summed E-state index contributed by atoms with van der Waals surface area (Å²) >= 11 is 5.69. The van der Waals surface area contributed by atoms with Gasteiger partial charge in [-0.25, -0.2) is 16.8 Å². The van der Waals surface area contributed by atoms with Gasteiger partial charge in [-0.2, -0.15) is 20.3 Å². The second-order valence-corrected chi connectivity index (χ2v) is 9.16. The molecule has 0 bridgehead atoms. The zero-order valence-corrected chi connectivity index (χ0v) is 20.3. The molecular formula is C16H11CaClN4O7S2. The summed E-state index contributed by atoms with van der Waals surface area (Å²) in [5, 5.41) is 12.2. The third-order valence-corrected chi connectivity index (χ3v) is 6.07. The first kappa shape index (κ1) is 25.8. The van der Waals surface area contributed by atoms with E-state index in [1.54, 1.807) is 0 Å². The molecule has 31 heavy (non-hydrogen) atoms. The van der Waals surface area contributed by atoms with Crippen molar-refractivity contribution in [1.29, 1.82) is 0 Å². The molecule has 0 radical (unpaired) electrons. The number of hydrogen-bond acceptors (Lipinski definition) is 10. The Balaban J connectivity index is 0.00000341. The molecule has 0 aromatic heterocycles. The number of rotatable bonds is 5. The molecule has 1 unspecified atom stereocenters. The predicted molar refractivity (Wildman–Crippen MR) is 108 cm³/mol. The molecule has 1 atom stereocenters. The molecule has 11 nitrogen and oxygen atoms in total. The first-order valence-corrected chi connectivity index (χ1v) is 11.2. The van der Waals surface area contributed by atoms with Crippen molar-refractivity contribution in [2.75, 3.05) is 5.01 Å². The van der Waals surface area contributed by atoms with E-state index in [1.807, 2.05) is 0 Å². The van der Waals surface area contributed by atoms with Crippen LogP contribution in [0, 0.1) is 0 Å². The fourth-order valence-corrected chi connectivity index (χ4v) is 4.00. The van der Waals surface area contributed by atoms with Gasteiger partial charge in [-0.05, 0) is 43.3 Å². The number of carbonyl (C=O) groups is 1. The van der Waals surface area contributed by atoms with Gasteiger partial charge in [0.15, 0.2) is 6.04 Å². The van der Waals surface area contributed by atoms with E-state index in [0.29, 0.717) is 0 Å². The molecule has 1 aliphatic heterocycles. The Morgan fingerprint density at radius 3 is 2.35 bits per heavy atom. The van der Waals surface area contributed by atoms with Gasteiger partial charge in [0.05, 0.1) is 31.9 Å². The van der Waals surface area contributed by atoms with Gasteiger partial charge in [0.25, 0.3) is 5.91 Å². The van der Waals surface area contributed by atoms with E-state index in [1.165, 1.54) is 25.1 Å². The smallest absolute Gasteiger partial charge is 0.744 e. The molecule has 15 heteroatoms. The van der Waals surface area contributed by atoms with Crippen molar-refractivity contribution >= 4 is 92.6 Å². The van der Waals surface area contributed by atoms with Gasteiger partial charge in [-0.3, -0.25) is 4.79 Å². The van der Waals surface area contributed by atoms with Crippen LogP contribution in [0.1, 0.15) is 6.92 Å². The maximum Gasteiger partial charge on any atom is 2.00 e. The standard InChI is InChI=1S/C16H13ClN4O7S2.Ca/c1-9-15(19-18-10-5-6-13(17)14(7-10)30(26,27)28)16(22)21(20-9)11-3-2-4-12(8-11)29(23,24)25;/h2-8,15H,1H3,(H,23,24,25)(H,26,27,28);/q;+2/p-2. The number of nitrogens with zero attached hydrogens (tertiary/aromatic N) is 4.